The van der Waals surface area contributed by atoms with Gasteiger partial charge in [-0.2, -0.15) is 0 Å². The molecule has 22 heavy (non-hydrogen) atoms. The predicted octanol–water partition coefficient (Wildman–Crippen LogP) is -0.517. The van der Waals surface area contributed by atoms with Gasteiger partial charge in [0.1, 0.15) is 0 Å². The molecule has 0 N–H and O–H groups in total. The van der Waals surface area contributed by atoms with Crippen LogP contribution in [0.15, 0.2) is 39.9 Å². The summed E-state index contributed by atoms with van der Waals surface area (Å²) in [6.45, 7) is 21.5. The first-order chi connectivity index (χ1) is 9.10. The fraction of sp³-hybridized carbons (Fsp3) is 0.556. The molecule has 0 radical (unpaired) electrons. The van der Waals surface area contributed by atoms with E-state index in [9.17, 15) is 0 Å². The molecule has 4 heteroatoms. The SMILES string of the molecule is CC1=C(C)[As]([Zr+2][C]2=C(C)C(C)=C(C)C2(C)C)C(C)=C1C.[Cl-].[Cl-]. The Kier molecular flexibility index (Phi) is 8.26. The Bertz CT molecular complexity index is 583. The van der Waals surface area contributed by atoms with E-state index in [4.69, 9.17) is 0 Å². The first-order valence-electron chi connectivity index (χ1n) is 7.42. The summed E-state index contributed by atoms with van der Waals surface area (Å²) in [5.41, 5.74) is 8.45. The van der Waals surface area contributed by atoms with Crippen LogP contribution in [0.4, 0.5) is 0 Å². The summed E-state index contributed by atoms with van der Waals surface area (Å²) < 4.78 is 5.49. The van der Waals surface area contributed by atoms with Crippen molar-refractivity contribution >= 4 is 10.8 Å². The van der Waals surface area contributed by atoms with Crippen molar-refractivity contribution in [1.29, 1.82) is 0 Å². The molecule has 0 aromatic rings. The van der Waals surface area contributed by atoms with Crippen molar-refractivity contribution in [3.63, 3.8) is 0 Å². The van der Waals surface area contributed by atoms with Gasteiger partial charge in [-0.15, -0.1) is 0 Å². The largest absolute Gasteiger partial charge is 1.00 e. The molecule has 1 aliphatic heterocycles. The molecule has 0 atom stereocenters. The van der Waals surface area contributed by atoms with Gasteiger partial charge in [-0.1, -0.05) is 0 Å². The van der Waals surface area contributed by atoms with E-state index in [1.54, 1.807) is 36.6 Å². The van der Waals surface area contributed by atoms with Gasteiger partial charge in [-0.3, -0.25) is 0 Å². The van der Waals surface area contributed by atoms with Gasteiger partial charge in [0.05, 0.1) is 0 Å². The summed E-state index contributed by atoms with van der Waals surface area (Å²) in [5, 5.41) is 0. The van der Waals surface area contributed by atoms with Gasteiger partial charge < -0.3 is 24.8 Å². The second kappa shape index (κ2) is 7.91. The zero-order valence-corrected chi connectivity index (χ0v) is 21.0. The summed E-state index contributed by atoms with van der Waals surface area (Å²) in [4.78, 5) is 0. The van der Waals surface area contributed by atoms with Crippen LogP contribution in [0, 0.1) is 5.41 Å². The van der Waals surface area contributed by atoms with Gasteiger partial charge in [-0.25, -0.2) is 0 Å². The van der Waals surface area contributed by atoms with Gasteiger partial charge >= 0.3 is 139 Å². The maximum Gasteiger partial charge on any atom is -1.00 e. The van der Waals surface area contributed by atoms with Crippen LogP contribution in [0.3, 0.4) is 0 Å². The Labute approximate surface area is 162 Å². The van der Waals surface area contributed by atoms with Crippen LogP contribution in [-0.4, -0.2) is 10.8 Å². The molecular formula is C18H27AsCl2Zr. The van der Waals surface area contributed by atoms with Crippen LogP contribution in [0.2, 0.25) is 0 Å². The van der Waals surface area contributed by atoms with Crippen LogP contribution in [0.5, 0.6) is 0 Å². The molecule has 1 aliphatic carbocycles. The fourth-order valence-corrected chi connectivity index (χ4v) is 26.6. The topological polar surface area (TPSA) is 0 Å². The van der Waals surface area contributed by atoms with E-state index < -0.39 is 31.5 Å². The van der Waals surface area contributed by atoms with Gasteiger partial charge in [0.2, 0.25) is 0 Å². The zero-order valence-electron chi connectivity index (χ0n) is 15.2. The van der Waals surface area contributed by atoms with Crippen LogP contribution < -0.4 is 24.8 Å². The quantitative estimate of drug-likeness (QED) is 0.467. The van der Waals surface area contributed by atoms with Crippen LogP contribution >= 0.6 is 0 Å². The third-order valence-electron chi connectivity index (χ3n) is 5.60. The van der Waals surface area contributed by atoms with Gasteiger partial charge in [-0.05, 0) is 0 Å². The van der Waals surface area contributed by atoms with E-state index in [0.29, 0.717) is 5.41 Å². The first-order valence-corrected chi connectivity index (χ1v) is 17.2. The number of allylic oxidation sites excluding steroid dienone is 8. The maximum absolute atomic E-state index is 2.46. The van der Waals surface area contributed by atoms with Crippen molar-refractivity contribution in [1.82, 2.24) is 0 Å². The normalized spacial score (nSPS) is 21.3. The Hall–Kier alpha value is 0.982. The minimum Gasteiger partial charge on any atom is -1.00 e. The van der Waals surface area contributed by atoms with E-state index in [1.807, 2.05) is 3.28 Å². The molecule has 2 aliphatic rings. The molecule has 0 saturated carbocycles. The summed E-state index contributed by atoms with van der Waals surface area (Å²) in [6.07, 6.45) is 0. The zero-order chi connectivity index (χ0) is 15.4. The molecule has 2 rings (SSSR count). The Balaban J connectivity index is 0.00000220. The molecule has 0 spiro atoms. The second-order valence-corrected chi connectivity index (χ2v) is 21.2. The van der Waals surface area contributed by atoms with Crippen LogP contribution in [0.1, 0.15) is 62.3 Å². The number of halogens is 2. The molecule has 1 heterocycles. The predicted molar refractivity (Wildman–Crippen MR) is 87.4 cm³/mol. The third kappa shape index (κ3) is 3.49. The molecule has 0 aromatic heterocycles. The molecular weight excluding hydrogens is 453 g/mol. The van der Waals surface area contributed by atoms with E-state index in [0.717, 1.165) is 0 Å². The van der Waals surface area contributed by atoms with Gasteiger partial charge in [0.25, 0.3) is 0 Å². The molecule has 0 saturated heterocycles. The van der Waals surface area contributed by atoms with Crippen LogP contribution in [0.25, 0.3) is 0 Å². The van der Waals surface area contributed by atoms with E-state index in [-0.39, 0.29) is 24.8 Å². The van der Waals surface area contributed by atoms with Crippen LogP contribution in [-0.2, 0) is 20.6 Å². The Morgan fingerprint density at radius 1 is 0.682 bits per heavy atom. The minimum absolute atomic E-state index is 0. The Morgan fingerprint density at radius 2 is 1.09 bits per heavy atom. The molecule has 122 valence electrons. The summed E-state index contributed by atoms with van der Waals surface area (Å²) in [5.74, 6) is 0. The van der Waals surface area contributed by atoms with Gasteiger partial charge in [0.15, 0.2) is 0 Å². The standard InChI is InChI=1S/C10H15.C8H12As.2ClH.Zr/c1-7-6-10(4,5)9(3)8(7)2;1-5-6(2)8(4)9-7(5)3;;;/h1-5H3;1-4H3;2*1H;/q;-1;;;+3/p-2. The molecule has 0 fully saturated rings. The average Bonchev–Trinajstić information content (AvgIpc) is 2.66. The van der Waals surface area contributed by atoms with Crippen molar-refractivity contribution in [2.45, 2.75) is 62.3 Å². The van der Waals surface area contributed by atoms with Crippen molar-refractivity contribution in [2.75, 3.05) is 0 Å². The molecule has 0 unspecified atom stereocenters. The number of hydrogen-bond donors (Lipinski definition) is 0. The third-order valence-corrected chi connectivity index (χ3v) is 27.5. The van der Waals surface area contributed by atoms with Crippen molar-refractivity contribution in [2.24, 2.45) is 5.41 Å². The molecule has 0 aromatic carbocycles. The number of rotatable bonds is 2. The summed E-state index contributed by atoms with van der Waals surface area (Å²) in [7, 11) is -0.847. The van der Waals surface area contributed by atoms with E-state index >= 15 is 0 Å². The average molecular weight is 480 g/mol. The van der Waals surface area contributed by atoms with Crippen molar-refractivity contribution < 1.29 is 45.4 Å². The fourth-order valence-electron chi connectivity index (χ4n) is 3.23. The minimum atomic E-state index is -0.847. The smallest absolute Gasteiger partial charge is 1.00 e. The summed E-state index contributed by atoms with van der Waals surface area (Å²) >= 11 is -0.473. The van der Waals surface area contributed by atoms with Crippen molar-refractivity contribution in [3.05, 3.63) is 39.9 Å². The second-order valence-electron chi connectivity index (χ2n) is 6.74. The molecule has 0 nitrogen and oxygen atoms in total. The molecule has 0 bridgehead atoms. The summed E-state index contributed by atoms with van der Waals surface area (Å²) in [6, 6.07) is 0. The van der Waals surface area contributed by atoms with E-state index in [2.05, 4.69) is 62.3 Å². The van der Waals surface area contributed by atoms with Crippen molar-refractivity contribution in [3.8, 4) is 0 Å². The number of hydrogen-bond acceptors (Lipinski definition) is 0. The van der Waals surface area contributed by atoms with Gasteiger partial charge in [0, 0.05) is 0 Å². The first kappa shape index (κ1) is 23.0. The monoisotopic (exact) mass is 478 g/mol. The molecule has 0 amide bonds. The Morgan fingerprint density at radius 3 is 1.41 bits per heavy atom. The maximum atomic E-state index is 2.46. The van der Waals surface area contributed by atoms with E-state index in [1.165, 1.54) is 0 Å².